The Morgan fingerprint density at radius 1 is 1.00 bits per heavy atom. The van der Waals surface area contributed by atoms with E-state index in [0.717, 1.165) is 6.42 Å². The van der Waals surface area contributed by atoms with Gasteiger partial charge < -0.3 is 14.9 Å². The molecule has 0 aromatic heterocycles. The van der Waals surface area contributed by atoms with E-state index in [0.29, 0.717) is 5.41 Å². The van der Waals surface area contributed by atoms with Crippen molar-refractivity contribution >= 4 is 10.8 Å². The quantitative estimate of drug-likeness (QED) is 0.470. The summed E-state index contributed by atoms with van der Waals surface area (Å²) in [6.07, 6.45) is 1.15. The van der Waals surface area contributed by atoms with Gasteiger partial charge >= 0.3 is 0 Å². The van der Waals surface area contributed by atoms with Crippen LogP contribution in [0.5, 0.6) is 0 Å². The van der Waals surface area contributed by atoms with E-state index in [1.165, 1.54) is 16.3 Å². The number of hydrogen-bond donors (Lipinski definition) is 0. The van der Waals surface area contributed by atoms with Crippen molar-refractivity contribution in [1.29, 1.82) is 0 Å². The van der Waals surface area contributed by atoms with Crippen molar-refractivity contribution in [3.05, 3.63) is 56.8 Å². The minimum atomic E-state index is 0. The molecule has 0 aliphatic rings. The third-order valence-corrected chi connectivity index (χ3v) is 2.49. The van der Waals surface area contributed by atoms with Crippen molar-refractivity contribution < 1.29 is 25.8 Å². The van der Waals surface area contributed by atoms with Gasteiger partial charge in [-0.1, -0.05) is 33.3 Å². The number of benzene rings is 1. The molecule has 94 valence electrons. The summed E-state index contributed by atoms with van der Waals surface area (Å²) in [6, 6.07) is 13.1. The van der Waals surface area contributed by atoms with Crippen LogP contribution < -0.4 is 0 Å². The molecule has 0 radical (unpaired) electrons. The average molecular weight is 394 g/mol. The molecule has 2 aromatic carbocycles. The van der Waals surface area contributed by atoms with Gasteiger partial charge in [-0.3, -0.25) is 0 Å². The van der Waals surface area contributed by atoms with Gasteiger partial charge in [0.1, 0.15) is 0 Å². The molecule has 0 unspecified atom stereocenters. The summed E-state index contributed by atoms with van der Waals surface area (Å²) in [4.78, 5) is 0. The molecule has 0 N–H and O–H groups in total. The van der Waals surface area contributed by atoms with Crippen LogP contribution >= 0.6 is 0 Å². The number of hydrogen-bond acceptors (Lipinski definition) is 0. The molecule has 0 aliphatic carbocycles. The van der Waals surface area contributed by atoms with E-state index >= 15 is 0 Å². The maximum atomic E-state index is 2.29. The summed E-state index contributed by atoms with van der Waals surface area (Å²) < 4.78 is 0. The van der Waals surface area contributed by atoms with E-state index in [1.807, 2.05) is 0 Å². The minimum absolute atomic E-state index is 0. The molecule has 0 saturated carbocycles. The molecule has 2 aromatic rings. The third kappa shape index (κ3) is 4.83. The van der Waals surface area contributed by atoms with Crippen LogP contribution in [-0.2, 0) is 32.3 Å². The van der Waals surface area contributed by atoms with Gasteiger partial charge in [0.15, 0.2) is 0 Å². The maximum Gasteiger partial charge on any atom is 0 e. The Labute approximate surface area is 126 Å². The third-order valence-electron chi connectivity index (χ3n) is 2.49. The topological polar surface area (TPSA) is 0 Å². The van der Waals surface area contributed by atoms with Crippen LogP contribution in [0.4, 0.5) is 0 Å². The van der Waals surface area contributed by atoms with Crippen LogP contribution in [0.15, 0.2) is 36.4 Å². The predicted octanol–water partition coefficient (Wildman–Crippen LogP) is 5.05. The van der Waals surface area contributed by atoms with Gasteiger partial charge in [0, 0.05) is 25.8 Å². The van der Waals surface area contributed by atoms with E-state index in [-0.39, 0.29) is 40.7 Å². The summed E-state index contributed by atoms with van der Waals surface area (Å²) >= 11 is 0. The van der Waals surface area contributed by atoms with E-state index < -0.39 is 0 Å². The van der Waals surface area contributed by atoms with Crippen LogP contribution in [0.2, 0.25) is 0 Å². The molecule has 0 bridgehead atoms. The van der Waals surface area contributed by atoms with Crippen molar-refractivity contribution in [2.75, 3.05) is 0 Å². The van der Waals surface area contributed by atoms with Crippen molar-refractivity contribution in [3.8, 4) is 0 Å². The summed E-state index contributed by atoms with van der Waals surface area (Å²) in [6.45, 7) is 6.86. The van der Waals surface area contributed by atoms with Crippen molar-refractivity contribution in [3.63, 3.8) is 0 Å². The second-order valence-electron chi connectivity index (χ2n) is 5.18. The molecule has 0 aliphatic heterocycles. The molecule has 0 heterocycles. The van der Waals surface area contributed by atoms with Crippen molar-refractivity contribution in [2.24, 2.45) is 5.41 Å². The zero-order valence-electron chi connectivity index (χ0n) is 11.7. The molecule has 0 spiro atoms. The second-order valence-corrected chi connectivity index (χ2v) is 5.18. The van der Waals surface area contributed by atoms with E-state index in [1.54, 1.807) is 0 Å². The normalized spacial score (nSPS) is 10.1. The Hall–Kier alpha value is -0.300. The van der Waals surface area contributed by atoms with E-state index in [9.17, 15) is 0 Å². The molecule has 0 saturated heterocycles. The van der Waals surface area contributed by atoms with Crippen molar-refractivity contribution in [2.45, 2.75) is 27.2 Å². The Balaban J connectivity index is 0. The Morgan fingerprint density at radius 3 is 2.18 bits per heavy atom. The van der Waals surface area contributed by atoms with E-state index in [4.69, 9.17) is 0 Å². The predicted molar refractivity (Wildman–Crippen MR) is 75.5 cm³/mol. The molecule has 0 atom stereocenters. The van der Waals surface area contributed by atoms with Crippen LogP contribution in [0.3, 0.4) is 0 Å². The van der Waals surface area contributed by atoms with Crippen LogP contribution in [0.25, 0.3) is 10.8 Å². The smallest absolute Gasteiger partial charge is 0 e. The van der Waals surface area contributed by atoms with Crippen molar-refractivity contribution in [1.82, 2.24) is 0 Å². The molecule has 1 heteroatoms. The zero-order chi connectivity index (χ0) is 10.2. The maximum absolute atomic E-state index is 2.29. The standard InChI is InChI=1S/C14H17.2CH3.Hf/c1-14(2,3)10-12-9-8-11-6-4-5-7-13(11)12;;;/h4-9H,10H2,1-3H3;2*1H3;/q3*-1;. The van der Waals surface area contributed by atoms with Crippen LogP contribution in [0.1, 0.15) is 26.3 Å². The first kappa shape index (κ1) is 19.0. The Bertz CT molecular complexity index is 432. The summed E-state index contributed by atoms with van der Waals surface area (Å²) in [5.74, 6) is 0. The van der Waals surface area contributed by atoms with E-state index in [2.05, 4.69) is 57.2 Å². The molecular formula is C16H23Hf-3. The van der Waals surface area contributed by atoms with Gasteiger partial charge in [-0.25, -0.2) is 0 Å². The zero-order valence-corrected chi connectivity index (χ0v) is 15.3. The molecule has 17 heavy (non-hydrogen) atoms. The number of fused-ring (bicyclic) bond motifs is 1. The van der Waals surface area contributed by atoms with Gasteiger partial charge in [-0.2, -0.15) is 6.07 Å². The summed E-state index contributed by atoms with van der Waals surface area (Å²) in [7, 11) is 0. The van der Waals surface area contributed by atoms with Crippen LogP contribution in [0, 0.1) is 20.3 Å². The van der Waals surface area contributed by atoms with Gasteiger partial charge in [-0.15, -0.1) is 40.6 Å². The van der Waals surface area contributed by atoms with Gasteiger partial charge in [0.05, 0.1) is 0 Å². The first-order chi connectivity index (χ1) is 6.56. The van der Waals surface area contributed by atoms with Gasteiger partial charge in [0.25, 0.3) is 0 Å². The van der Waals surface area contributed by atoms with Gasteiger partial charge in [-0.05, 0) is 5.41 Å². The fourth-order valence-corrected chi connectivity index (χ4v) is 1.94. The number of rotatable bonds is 1. The molecular weight excluding hydrogens is 371 g/mol. The minimum Gasteiger partial charge on any atom is -0.358 e. The first-order valence-corrected chi connectivity index (χ1v) is 5.20. The largest absolute Gasteiger partial charge is 0.358 e. The molecule has 0 amide bonds. The first-order valence-electron chi connectivity index (χ1n) is 5.20. The molecule has 0 nitrogen and oxygen atoms in total. The van der Waals surface area contributed by atoms with Crippen LogP contribution in [-0.4, -0.2) is 0 Å². The second kappa shape index (κ2) is 7.20. The Morgan fingerprint density at radius 2 is 1.59 bits per heavy atom. The van der Waals surface area contributed by atoms with Gasteiger partial charge in [0.2, 0.25) is 0 Å². The Kier molecular flexibility index (Phi) is 8.07. The monoisotopic (exact) mass is 395 g/mol. The molecule has 2 rings (SSSR count). The fraction of sp³-hybridized carbons (Fsp3) is 0.312. The fourth-order valence-electron chi connectivity index (χ4n) is 1.94. The SMILES string of the molecule is CC(C)(C)C[c-]1ccc2ccccc21.[CH3-].[CH3-].[Hf]. The average Bonchev–Trinajstić information content (AvgIpc) is 2.47. The summed E-state index contributed by atoms with van der Waals surface area (Å²) in [5.41, 5.74) is 1.85. The summed E-state index contributed by atoms with van der Waals surface area (Å²) in [5, 5.41) is 2.79. The molecule has 0 fully saturated rings.